The summed E-state index contributed by atoms with van der Waals surface area (Å²) in [4.78, 5) is 29.7. The quantitative estimate of drug-likeness (QED) is 0.524. The van der Waals surface area contributed by atoms with E-state index in [1.807, 2.05) is 48.5 Å². The van der Waals surface area contributed by atoms with Crippen LogP contribution >= 0.6 is 0 Å². The van der Waals surface area contributed by atoms with Crippen LogP contribution in [0, 0.1) is 11.8 Å². The number of likely N-dealkylation sites (tertiary alicyclic amines) is 2. The molecule has 2 heterocycles. The highest BCUT2D eigenvalue weighted by molar-refractivity contribution is 5.99. The number of carbonyl (C=O) groups excluding carboxylic acids is 2. The first-order valence-corrected chi connectivity index (χ1v) is 12.3. The molecule has 2 aromatic rings. The van der Waals surface area contributed by atoms with Crippen LogP contribution in [-0.4, -0.2) is 67.3 Å². The van der Waals surface area contributed by atoms with Crippen molar-refractivity contribution in [3.05, 3.63) is 59.7 Å². The minimum atomic E-state index is -0.254. The van der Waals surface area contributed by atoms with Gasteiger partial charge in [-0.25, -0.2) is 0 Å². The van der Waals surface area contributed by atoms with Crippen LogP contribution in [0.25, 0.3) is 11.1 Å². The van der Waals surface area contributed by atoms with E-state index in [0.29, 0.717) is 18.7 Å². The standard InChI is InChI=1S/C28H35FN2O2/c1-21-10-14-30(15-11-21)19-27(32)25-6-2-23(3-7-25)24-4-8-26(9-5-24)28(33)20-31-16-12-22(18-29)13-17-31/h2-9,21-22H,10-20H2,1H3/i29-1. The third-order valence-electron chi connectivity index (χ3n) is 7.28. The number of carbonyl (C=O) groups is 2. The van der Waals surface area contributed by atoms with E-state index in [1.165, 1.54) is 12.8 Å². The molecule has 0 atom stereocenters. The zero-order valence-corrected chi connectivity index (χ0v) is 19.6. The van der Waals surface area contributed by atoms with E-state index in [9.17, 15) is 14.0 Å². The van der Waals surface area contributed by atoms with E-state index >= 15 is 0 Å². The number of benzene rings is 2. The Bertz CT molecular complexity index is 925. The minimum Gasteiger partial charge on any atom is -0.296 e. The Hall–Kier alpha value is -2.37. The van der Waals surface area contributed by atoms with Crippen molar-refractivity contribution in [3.63, 3.8) is 0 Å². The van der Waals surface area contributed by atoms with E-state index in [-0.39, 0.29) is 24.2 Å². The number of alkyl halides is 1. The first kappa shape index (κ1) is 23.8. The van der Waals surface area contributed by atoms with E-state index in [0.717, 1.165) is 61.6 Å². The summed E-state index contributed by atoms with van der Waals surface area (Å²) in [7, 11) is 0. The number of piperidine rings is 2. The van der Waals surface area contributed by atoms with Crippen LogP contribution in [0.5, 0.6) is 0 Å². The maximum absolute atomic E-state index is 12.8. The van der Waals surface area contributed by atoms with Gasteiger partial charge in [0.05, 0.1) is 19.8 Å². The van der Waals surface area contributed by atoms with Crippen molar-refractivity contribution in [2.75, 3.05) is 45.9 Å². The highest BCUT2D eigenvalue weighted by Gasteiger charge is 2.21. The average molecular weight is 450 g/mol. The van der Waals surface area contributed by atoms with Gasteiger partial charge in [0.25, 0.3) is 0 Å². The van der Waals surface area contributed by atoms with Crippen LogP contribution in [0.3, 0.4) is 0 Å². The third-order valence-corrected chi connectivity index (χ3v) is 7.28. The molecule has 0 spiro atoms. The van der Waals surface area contributed by atoms with Crippen molar-refractivity contribution in [2.24, 2.45) is 11.8 Å². The first-order valence-electron chi connectivity index (χ1n) is 12.3. The van der Waals surface area contributed by atoms with Gasteiger partial charge in [0.2, 0.25) is 0 Å². The average Bonchev–Trinajstić information content (AvgIpc) is 2.86. The molecular weight excluding hydrogens is 414 g/mol. The Morgan fingerprint density at radius 1 is 0.727 bits per heavy atom. The van der Waals surface area contributed by atoms with E-state index < -0.39 is 0 Å². The summed E-state index contributed by atoms with van der Waals surface area (Å²) in [6.07, 6.45) is 4.00. The Morgan fingerprint density at radius 2 is 1.12 bits per heavy atom. The summed E-state index contributed by atoms with van der Waals surface area (Å²) in [5.74, 6) is 1.20. The fraction of sp³-hybridized carbons (Fsp3) is 0.500. The number of halogens is 1. The van der Waals surface area contributed by atoms with E-state index in [2.05, 4.69) is 16.7 Å². The third kappa shape index (κ3) is 6.36. The zero-order valence-electron chi connectivity index (χ0n) is 19.6. The van der Waals surface area contributed by atoms with Gasteiger partial charge < -0.3 is 0 Å². The molecule has 0 N–H and O–H groups in total. The molecule has 33 heavy (non-hydrogen) atoms. The molecule has 4 nitrogen and oxygen atoms in total. The van der Waals surface area contributed by atoms with Crippen LogP contribution in [-0.2, 0) is 0 Å². The number of rotatable bonds is 8. The largest absolute Gasteiger partial charge is 0.296 e. The summed E-state index contributed by atoms with van der Waals surface area (Å²) in [6, 6.07) is 15.5. The summed E-state index contributed by atoms with van der Waals surface area (Å²) < 4.78 is 12.8. The topological polar surface area (TPSA) is 40.6 Å². The normalized spacial score (nSPS) is 19.0. The van der Waals surface area contributed by atoms with E-state index in [1.54, 1.807) is 0 Å². The van der Waals surface area contributed by atoms with Crippen LogP contribution in [0.15, 0.2) is 48.5 Å². The lowest BCUT2D eigenvalue weighted by molar-refractivity contribution is 0.0884. The maximum Gasteiger partial charge on any atom is 0.176 e. The molecule has 5 heteroatoms. The van der Waals surface area contributed by atoms with Crippen LogP contribution < -0.4 is 0 Å². The predicted octanol–water partition coefficient (Wildman–Crippen LogP) is 5.13. The minimum absolute atomic E-state index is 0.105. The number of ketones is 2. The van der Waals surface area contributed by atoms with Crippen molar-refractivity contribution >= 4 is 11.6 Å². The lowest BCUT2D eigenvalue weighted by Gasteiger charge is -2.30. The molecule has 2 aliphatic heterocycles. The highest BCUT2D eigenvalue weighted by Crippen LogP contribution is 2.23. The molecule has 0 amide bonds. The molecule has 2 saturated heterocycles. The molecule has 0 aliphatic carbocycles. The molecular formula is C28H35FN2O2. The fourth-order valence-corrected chi connectivity index (χ4v) is 4.80. The van der Waals surface area contributed by atoms with Gasteiger partial charge in [-0.1, -0.05) is 55.5 Å². The number of hydrogen-bond donors (Lipinski definition) is 0. The van der Waals surface area contributed by atoms with Gasteiger partial charge in [-0.2, -0.15) is 0 Å². The molecule has 2 fully saturated rings. The van der Waals surface area contributed by atoms with Gasteiger partial charge in [-0.3, -0.25) is 23.8 Å². The van der Waals surface area contributed by atoms with E-state index in [4.69, 9.17) is 0 Å². The second-order valence-corrected chi connectivity index (χ2v) is 9.83. The van der Waals surface area contributed by atoms with Gasteiger partial charge in [0.15, 0.2) is 11.6 Å². The SMILES string of the molecule is CC1CCN(CC(=O)c2ccc(-c3ccc(C(=O)CN4CCC(C[18F])CC4)cc3)cc2)CC1. The van der Waals surface area contributed by atoms with Crippen molar-refractivity contribution in [3.8, 4) is 11.1 Å². The number of hydrogen-bond acceptors (Lipinski definition) is 4. The molecule has 2 aliphatic rings. The maximum atomic E-state index is 12.8. The Kier molecular flexibility index (Phi) is 8.05. The number of Topliss-reactive ketones (excluding diaryl/α,β-unsaturated/α-hetero) is 2. The molecule has 4 rings (SSSR count). The van der Waals surface area contributed by atoms with Crippen molar-refractivity contribution < 1.29 is 14.0 Å². The Morgan fingerprint density at radius 3 is 1.52 bits per heavy atom. The summed E-state index contributed by atoms with van der Waals surface area (Å²) in [6.45, 7) is 6.51. The van der Waals surface area contributed by atoms with Crippen molar-refractivity contribution in [1.82, 2.24) is 9.80 Å². The van der Waals surface area contributed by atoms with Crippen LogP contribution in [0.4, 0.5) is 4.39 Å². The second kappa shape index (κ2) is 11.2. The van der Waals surface area contributed by atoms with Crippen molar-refractivity contribution in [2.45, 2.75) is 32.6 Å². The fourth-order valence-electron chi connectivity index (χ4n) is 4.80. The van der Waals surface area contributed by atoms with Gasteiger partial charge in [0, 0.05) is 11.1 Å². The lowest BCUT2D eigenvalue weighted by Crippen LogP contribution is -2.37. The van der Waals surface area contributed by atoms with Gasteiger partial charge in [-0.15, -0.1) is 0 Å². The van der Waals surface area contributed by atoms with Crippen LogP contribution in [0.1, 0.15) is 53.3 Å². The lowest BCUT2D eigenvalue weighted by atomic mass is 9.97. The summed E-state index contributed by atoms with van der Waals surface area (Å²) in [5, 5.41) is 0. The summed E-state index contributed by atoms with van der Waals surface area (Å²) >= 11 is 0. The zero-order chi connectivity index (χ0) is 23.2. The predicted molar refractivity (Wildman–Crippen MR) is 131 cm³/mol. The van der Waals surface area contributed by atoms with Gasteiger partial charge >= 0.3 is 0 Å². The van der Waals surface area contributed by atoms with Gasteiger partial charge in [0.1, 0.15) is 0 Å². The monoisotopic (exact) mass is 449 g/mol. The van der Waals surface area contributed by atoms with Crippen molar-refractivity contribution in [1.29, 1.82) is 0 Å². The Balaban J connectivity index is 1.31. The van der Waals surface area contributed by atoms with Crippen LogP contribution in [0.2, 0.25) is 0 Å². The smallest absolute Gasteiger partial charge is 0.176 e. The first-order chi connectivity index (χ1) is 16.0. The Labute approximate surface area is 196 Å². The molecule has 0 bridgehead atoms. The number of nitrogens with zero attached hydrogens (tertiary/aromatic N) is 2. The molecule has 0 radical (unpaired) electrons. The molecule has 0 saturated carbocycles. The molecule has 0 aromatic heterocycles. The molecule has 2 aromatic carbocycles. The van der Waals surface area contributed by atoms with Gasteiger partial charge in [-0.05, 0) is 74.8 Å². The molecule has 0 unspecified atom stereocenters. The second-order valence-electron chi connectivity index (χ2n) is 9.83. The highest BCUT2D eigenvalue weighted by atomic mass is 18.2. The molecule has 176 valence electrons. The summed E-state index contributed by atoms with van der Waals surface area (Å²) in [5.41, 5.74) is 3.51.